The minimum atomic E-state index is -4.45. The maximum Gasteiger partial charge on any atom is 0.416 e. The van der Waals surface area contributed by atoms with E-state index in [1.807, 2.05) is 13.0 Å². The largest absolute Gasteiger partial charge is 0.495 e. The number of hydrogen-bond donors (Lipinski definition) is 1. The molecule has 0 aliphatic rings. The number of methoxy groups -OCH3 is 1. The average molecular weight is 405 g/mol. The van der Waals surface area contributed by atoms with Gasteiger partial charge < -0.3 is 14.8 Å². The first-order chi connectivity index (χ1) is 13.8. The molecule has 0 saturated heterocycles. The number of benzene rings is 2. The van der Waals surface area contributed by atoms with Crippen LogP contribution in [0.15, 0.2) is 54.7 Å². The van der Waals surface area contributed by atoms with Crippen LogP contribution in [-0.2, 0) is 12.9 Å². The summed E-state index contributed by atoms with van der Waals surface area (Å²) in [5.41, 5.74) is 0.775. The standard InChI is InChI=1S/C20H18F3N3O3/c1-13-6-7-18(28-2)17(10-13)24-19(27)16-8-9-26(25-16)12-29-15-5-3-4-14(11-15)20(21,22)23/h3-11H,12H2,1-2H3,(H,24,27). The number of alkyl halides is 3. The molecule has 1 amide bonds. The summed E-state index contributed by atoms with van der Waals surface area (Å²) < 4.78 is 50.1. The van der Waals surface area contributed by atoms with E-state index in [1.165, 1.54) is 36.2 Å². The van der Waals surface area contributed by atoms with E-state index in [4.69, 9.17) is 9.47 Å². The van der Waals surface area contributed by atoms with Gasteiger partial charge in [-0.2, -0.15) is 18.3 Å². The quantitative estimate of drug-likeness (QED) is 0.656. The number of ether oxygens (including phenoxy) is 2. The Bertz CT molecular complexity index is 1020. The molecule has 2 aromatic carbocycles. The number of carbonyl (C=O) groups is 1. The number of halogens is 3. The van der Waals surface area contributed by atoms with E-state index in [9.17, 15) is 18.0 Å². The number of nitrogens with zero attached hydrogens (tertiary/aromatic N) is 2. The summed E-state index contributed by atoms with van der Waals surface area (Å²) in [6.45, 7) is 1.73. The first-order valence-corrected chi connectivity index (χ1v) is 8.56. The predicted octanol–water partition coefficient (Wildman–Crippen LogP) is 4.51. The summed E-state index contributed by atoms with van der Waals surface area (Å²) >= 11 is 0. The number of aryl methyl sites for hydroxylation is 1. The molecule has 0 aliphatic carbocycles. The lowest BCUT2D eigenvalue weighted by molar-refractivity contribution is -0.137. The van der Waals surface area contributed by atoms with Crippen molar-refractivity contribution in [2.75, 3.05) is 12.4 Å². The van der Waals surface area contributed by atoms with Gasteiger partial charge in [-0.25, -0.2) is 4.68 Å². The molecule has 0 saturated carbocycles. The molecule has 1 heterocycles. The van der Waals surface area contributed by atoms with Crippen LogP contribution in [0.3, 0.4) is 0 Å². The zero-order chi connectivity index (χ0) is 21.0. The molecular formula is C20H18F3N3O3. The van der Waals surface area contributed by atoms with Crippen molar-refractivity contribution in [2.45, 2.75) is 19.8 Å². The zero-order valence-electron chi connectivity index (χ0n) is 15.7. The molecule has 152 valence electrons. The maximum atomic E-state index is 12.8. The molecule has 1 aromatic heterocycles. The monoisotopic (exact) mass is 405 g/mol. The Kier molecular flexibility index (Phi) is 5.76. The third-order valence-electron chi connectivity index (χ3n) is 4.00. The van der Waals surface area contributed by atoms with Crippen molar-refractivity contribution in [2.24, 2.45) is 0 Å². The number of aromatic nitrogens is 2. The number of nitrogens with one attached hydrogen (secondary N) is 1. The van der Waals surface area contributed by atoms with Crippen LogP contribution in [0.4, 0.5) is 18.9 Å². The van der Waals surface area contributed by atoms with E-state index in [2.05, 4.69) is 10.4 Å². The van der Waals surface area contributed by atoms with Gasteiger partial charge >= 0.3 is 6.18 Å². The normalized spacial score (nSPS) is 11.2. The van der Waals surface area contributed by atoms with E-state index in [-0.39, 0.29) is 18.2 Å². The molecule has 6 nitrogen and oxygen atoms in total. The lowest BCUT2D eigenvalue weighted by Crippen LogP contribution is -2.15. The SMILES string of the molecule is COc1ccc(C)cc1NC(=O)c1ccn(COc2cccc(C(F)(F)F)c2)n1. The van der Waals surface area contributed by atoms with Gasteiger partial charge in [-0.1, -0.05) is 12.1 Å². The van der Waals surface area contributed by atoms with E-state index >= 15 is 0 Å². The molecule has 0 aliphatic heterocycles. The number of carbonyl (C=O) groups excluding carboxylic acids is 1. The second kappa shape index (κ2) is 8.26. The van der Waals surface area contributed by atoms with Gasteiger partial charge in [0.05, 0.1) is 18.4 Å². The van der Waals surface area contributed by atoms with Crippen molar-refractivity contribution in [1.82, 2.24) is 9.78 Å². The highest BCUT2D eigenvalue weighted by molar-refractivity contribution is 6.03. The third kappa shape index (κ3) is 5.07. The molecule has 9 heteroatoms. The molecule has 0 unspecified atom stereocenters. The van der Waals surface area contributed by atoms with E-state index in [0.29, 0.717) is 11.4 Å². The fourth-order valence-corrected chi connectivity index (χ4v) is 2.56. The minimum absolute atomic E-state index is 0.0471. The fraction of sp³-hybridized carbons (Fsp3) is 0.200. The lowest BCUT2D eigenvalue weighted by atomic mass is 10.2. The molecule has 0 fully saturated rings. The second-order valence-electron chi connectivity index (χ2n) is 6.20. The van der Waals surface area contributed by atoms with Crippen LogP contribution >= 0.6 is 0 Å². The van der Waals surface area contributed by atoms with Gasteiger partial charge in [0, 0.05) is 6.20 Å². The Balaban J connectivity index is 1.65. The number of rotatable bonds is 6. The summed E-state index contributed by atoms with van der Waals surface area (Å²) in [6, 6.07) is 11.4. The van der Waals surface area contributed by atoms with Gasteiger partial charge in [0.15, 0.2) is 12.4 Å². The maximum absolute atomic E-state index is 12.8. The van der Waals surface area contributed by atoms with Gasteiger partial charge in [0.25, 0.3) is 5.91 Å². The molecular weight excluding hydrogens is 387 g/mol. The minimum Gasteiger partial charge on any atom is -0.495 e. The van der Waals surface area contributed by atoms with Crippen molar-refractivity contribution in [3.8, 4) is 11.5 Å². The zero-order valence-corrected chi connectivity index (χ0v) is 15.7. The topological polar surface area (TPSA) is 65.4 Å². The Labute approximate surface area is 164 Å². The van der Waals surface area contributed by atoms with Crippen molar-refractivity contribution < 1.29 is 27.4 Å². The second-order valence-corrected chi connectivity index (χ2v) is 6.20. The smallest absolute Gasteiger partial charge is 0.416 e. The van der Waals surface area contributed by atoms with Crippen molar-refractivity contribution in [3.05, 3.63) is 71.5 Å². The molecule has 0 bridgehead atoms. The van der Waals surface area contributed by atoms with Gasteiger partial charge in [0.1, 0.15) is 11.5 Å². The lowest BCUT2D eigenvalue weighted by Gasteiger charge is -2.10. The van der Waals surface area contributed by atoms with E-state index in [0.717, 1.165) is 17.7 Å². The van der Waals surface area contributed by atoms with E-state index in [1.54, 1.807) is 12.1 Å². The Hall–Kier alpha value is -3.49. The Morgan fingerprint density at radius 1 is 1.17 bits per heavy atom. The highest BCUT2D eigenvalue weighted by Gasteiger charge is 2.30. The van der Waals surface area contributed by atoms with Crippen LogP contribution in [0.1, 0.15) is 21.6 Å². The van der Waals surface area contributed by atoms with Gasteiger partial charge in [-0.05, 0) is 48.9 Å². The van der Waals surface area contributed by atoms with Crippen molar-refractivity contribution >= 4 is 11.6 Å². The van der Waals surface area contributed by atoms with Crippen molar-refractivity contribution in [1.29, 1.82) is 0 Å². The van der Waals surface area contributed by atoms with Crippen LogP contribution in [0, 0.1) is 6.92 Å². The Morgan fingerprint density at radius 3 is 2.69 bits per heavy atom. The van der Waals surface area contributed by atoms with Crippen LogP contribution in [0.25, 0.3) is 0 Å². The first-order valence-electron chi connectivity index (χ1n) is 8.56. The van der Waals surface area contributed by atoms with Crippen LogP contribution < -0.4 is 14.8 Å². The summed E-state index contributed by atoms with van der Waals surface area (Å²) in [7, 11) is 1.50. The molecule has 0 atom stereocenters. The van der Waals surface area contributed by atoms with Crippen LogP contribution in [0.2, 0.25) is 0 Å². The van der Waals surface area contributed by atoms with Gasteiger partial charge in [0.2, 0.25) is 0 Å². The van der Waals surface area contributed by atoms with Gasteiger partial charge in [-0.15, -0.1) is 0 Å². The molecule has 3 rings (SSSR count). The number of anilines is 1. The molecule has 0 radical (unpaired) electrons. The highest BCUT2D eigenvalue weighted by atomic mass is 19.4. The molecule has 3 aromatic rings. The first kappa shape index (κ1) is 20.2. The van der Waals surface area contributed by atoms with Crippen LogP contribution in [-0.4, -0.2) is 22.8 Å². The van der Waals surface area contributed by atoms with E-state index < -0.39 is 17.6 Å². The van der Waals surface area contributed by atoms with Crippen LogP contribution in [0.5, 0.6) is 11.5 Å². The fourth-order valence-electron chi connectivity index (χ4n) is 2.56. The van der Waals surface area contributed by atoms with Crippen molar-refractivity contribution in [3.63, 3.8) is 0 Å². The highest BCUT2D eigenvalue weighted by Crippen LogP contribution is 2.31. The number of hydrogen-bond acceptors (Lipinski definition) is 4. The third-order valence-corrected chi connectivity index (χ3v) is 4.00. The molecule has 0 spiro atoms. The predicted molar refractivity (Wildman–Crippen MR) is 100.0 cm³/mol. The molecule has 29 heavy (non-hydrogen) atoms. The Morgan fingerprint density at radius 2 is 1.97 bits per heavy atom. The number of amides is 1. The summed E-state index contributed by atoms with van der Waals surface area (Å²) in [5, 5.41) is 6.81. The summed E-state index contributed by atoms with van der Waals surface area (Å²) in [4.78, 5) is 12.4. The molecule has 1 N–H and O–H groups in total. The summed E-state index contributed by atoms with van der Waals surface area (Å²) in [6.07, 6.45) is -2.96. The average Bonchev–Trinajstić information content (AvgIpc) is 3.15. The summed E-state index contributed by atoms with van der Waals surface area (Å²) in [5.74, 6) is 0.105. The van der Waals surface area contributed by atoms with Gasteiger partial charge in [-0.3, -0.25) is 4.79 Å².